The summed E-state index contributed by atoms with van der Waals surface area (Å²) in [7, 11) is 0. The van der Waals surface area contributed by atoms with E-state index < -0.39 is 0 Å². The Balaban J connectivity index is 1.77. The maximum Gasteiger partial charge on any atom is 0.119 e. The van der Waals surface area contributed by atoms with Crippen LogP contribution in [0.4, 0.5) is 0 Å². The molecule has 0 bridgehead atoms. The number of benzene rings is 2. The van der Waals surface area contributed by atoms with Gasteiger partial charge in [0.2, 0.25) is 0 Å². The van der Waals surface area contributed by atoms with Gasteiger partial charge in [0.15, 0.2) is 0 Å². The number of rotatable bonds is 12. The van der Waals surface area contributed by atoms with Gasteiger partial charge in [-0.15, -0.1) is 23.5 Å². The van der Waals surface area contributed by atoms with Gasteiger partial charge in [-0.05, 0) is 53.9 Å². The summed E-state index contributed by atoms with van der Waals surface area (Å²) in [5, 5.41) is 17.6. The average Bonchev–Trinajstić information content (AvgIpc) is 2.69. The van der Waals surface area contributed by atoms with Crippen molar-refractivity contribution in [1.29, 1.82) is 0 Å². The highest BCUT2D eigenvalue weighted by atomic mass is 32.2. The molecule has 0 heterocycles. The number of thioether (sulfide) groups is 2. The number of aliphatic hydroxyl groups excluding tert-OH is 2. The molecule has 2 rings (SSSR count). The van der Waals surface area contributed by atoms with Crippen molar-refractivity contribution in [2.24, 2.45) is 5.41 Å². The van der Waals surface area contributed by atoms with Crippen LogP contribution < -0.4 is 9.47 Å². The molecule has 0 aliphatic heterocycles. The summed E-state index contributed by atoms with van der Waals surface area (Å²) in [5.74, 6) is 3.62. The minimum absolute atomic E-state index is 0.0285. The molecule has 6 heteroatoms. The summed E-state index contributed by atoms with van der Waals surface area (Å²) < 4.78 is 10.8. The van der Waals surface area contributed by atoms with E-state index in [0.29, 0.717) is 13.2 Å². The number of ether oxygens (including phenoxy) is 2. The summed E-state index contributed by atoms with van der Waals surface area (Å²) in [6, 6.07) is 16.0. The van der Waals surface area contributed by atoms with Gasteiger partial charge >= 0.3 is 0 Å². The number of hydrogen-bond donors (Lipinski definition) is 2. The molecule has 4 nitrogen and oxygen atoms in total. The van der Waals surface area contributed by atoms with Crippen LogP contribution in [0, 0.1) is 5.41 Å². The van der Waals surface area contributed by atoms with Crippen molar-refractivity contribution in [3.8, 4) is 11.5 Å². The van der Waals surface area contributed by atoms with Crippen molar-refractivity contribution in [2.45, 2.75) is 23.6 Å². The molecule has 148 valence electrons. The van der Waals surface area contributed by atoms with Gasteiger partial charge in [0.1, 0.15) is 24.7 Å². The molecule has 0 amide bonds. The Morgan fingerprint density at radius 1 is 0.704 bits per heavy atom. The standard InChI is InChI=1S/C21H28O4S2/c1-21(2,15-26-19-7-3-17(4-8-19)24-13-11-22)16-27-20-9-5-18(6-10-20)25-14-12-23/h3-10,22-23H,11-16H2,1-2H3. The lowest BCUT2D eigenvalue weighted by molar-refractivity contribution is 0.201. The molecular weight excluding hydrogens is 380 g/mol. The Bertz CT molecular complexity index is 599. The van der Waals surface area contributed by atoms with Gasteiger partial charge in [0.05, 0.1) is 13.2 Å². The number of aliphatic hydroxyl groups is 2. The van der Waals surface area contributed by atoms with Crippen LogP contribution in [-0.2, 0) is 0 Å². The Kier molecular flexibility index (Phi) is 9.34. The fourth-order valence-corrected chi connectivity index (χ4v) is 4.30. The fraction of sp³-hybridized carbons (Fsp3) is 0.429. The third-order valence-corrected chi connectivity index (χ3v) is 6.69. The van der Waals surface area contributed by atoms with Crippen LogP contribution in [0.25, 0.3) is 0 Å². The second-order valence-electron chi connectivity index (χ2n) is 6.83. The van der Waals surface area contributed by atoms with Crippen LogP contribution >= 0.6 is 23.5 Å². The molecule has 0 atom stereocenters. The van der Waals surface area contributed by atoms with Gasteiger partial charge < -0.3 is 19.7 Å². The van der Waals surface area contributed by atoms with Crippen LogP contribution in [-0.4, -0.2) is 48.1 Å². The van der Waals surface area contributed by atoms with E-state index in [1.54, 1.807) is 0 Å². The van der Waals surface area contributed by atoms with Gasteiger partial charge in [0, 0.05) is 21.3 Å². The summed E-state index contributed by atoms with van der Waals surface area (Å²) in [5.41, 5.74) is 0.188. The van der Waals surface area contributed by atoms with Crippen molar-refractivity contribution in [3.63, 3.8) is 0 Å². The zero-order chi connectivity index (χ0) is 19.5. The summed E-state index contributed by atoms with van der Waals surface area (Å²) in [4.78, 5) is 2.43. The monoisotopic (exact) mass is 408 g/mol. The van der Waals surface area contributed by atoms with E-state index >= 15 is 0 Å². The SMILES string of the molecule is CC(C)(CSc1ccc(OCCO)cc1)CSc1ccc(OCCO)cc1. The molecule has 0 fully saturated rings. The highest BCUT2D eigenvalue weighted by molar-refractivity contribution is 8.00. The van der Waals surface area contributed by atoms with Gasteiger partial charge in [0.25, 0.3) is 0 Å². The molecule has 0 radical (unpaired) electrons. The third kappa shape index (κ3) is 8.47. The van der Waals surface area contributed by atoms with Crippen molar-refractivity contribution < 1.29 is 19.7 Å². The van der Waals surface area contributed by atoms with Crippen LogP contribution in [0.2, 0.25) is 0 Å². The second-order valence-corrected chi connectivity index (χ2v) is 8.93. The lowest BCUT2D eigenvalue weighted by Crippen LogP contribution is -2.17. The van der Waals surface area contributed by atoms with E-state index in [1.807, 2.05) is 47.8 Å². The van der Waals surface area contributed by atoms with Crippen LogP contribution in [0.15, 0.2) is 58.3 Å². The van der Waals surface area contributed by atoms with Gasteiger partial charge in [-0.1, -0.05) is 13.8 Å². The van der Waals surface area contributed by atoms with Gasteiger partial charge in [-0.25, -0.2) is 0 Å². The molecule has 0 spiro atoms. The first-order valence-electron chi connectivity index (χ1n) is 8.95. The lowest BCUT2D eigenvalue weighted by Gasteiger charge is -2.23. The molecular formula is C21H28O4S2. The first-order valence-corrected chi connectivity index (χ1v) is 10.9. The Morgan fingerprint density at radius 2 is 1.07 bits per heavy atom. The van der Waals surface area contributed by atoms with Crippen molar-refractivity contribution in [3.05, 3.63) is 48.5 Å². The summed E-state index contributed by atoms with van der Waals surface area (Å²) in [6.45, 7) is 5.27. The summed E-state index contributed by atoms with van der Waals surface area (Å²) in [6.07, 6.45) is 0. The molecule has 0 aliphatic carbocycles. The minimum atomic E-state index is 0.0285. The quantitative estimate of drug-likeness (QED) is 0.510. The zero-order valence-corrected chi connectivity index (χ0v) is 17.5. The second kappa shape index (κ2) is 11.5. The minimum Gasteiger partial charge on any atom is -0.491 e. The van der Waals surface area contributed by atoms with Crippen molar-refractivity contribution in [1.82, 2.24) is 0 Å². The molecule has 0 aliphatic rings. The maximum atomic E-state index is 8.79. The molecule has 0 saturated heterocycles. The topological polar surface area (TPSA) is 58.9 Å². The van der Waals surface area contributed by atoms with Crippen LogP contribution in [0.5, 0.6) is 11.5 Å². The maximum absolute atomic E-state index is 8.79. The van der Waals surface area contributed by atoms with E-state index in [4.69, 9.17) is 19.7 Å². The number of hydrogen-bond acceptors (Lipinski definition) is 6. The molecule has 0 saturated carbocycles. The zero-order valence-electron chi connectivity index (χ0n) is 15.9. The Morgan fingerprint density at radius 3 is 1.41 bits per heavy atom. The first-order chi connectivity index (χ1) is 13.0. The van der Waals surface area contributed by atoms with Crippen molar-refractivity contribution >= 4 is 23.5 Å². The van der Waals surface area contributed by atoms with E-state index in [-0.39, 0.29) is 18.6 Å². The Labute approximate surface area is 170 Å². The third-order valence-electron chi connectivity index (χ3n) is 3.63. The fourth-order valence-electron chi connectivity index (χ4n) is 2.19. The molecule has 27 heavy (non-hydrogen) atoms. The van der Waals surface area contributed by atoms with Gasteiger partial charge in [-0.2, -0.15) is 0 Å². The van der Waals surface area contributed by atoms with E-state index in [9.17, 15) is 0 Å². The molecule has 0 unspecified atom stereocenters. The highest BCUT2D eigenvalue weighted by Gasteiger charge is 2.19. The van der Waals surface area contributed by atoms with E-state index in [0.717, 1.165) is 23.0 Å². The van der Waals surface area contributed by atoms with Gasteiger partial charge in [-0.3, -0.25) is 0 Å². The largest absolute Gasteiger partial charge is 0.491 e. The summed E-state index contributed by atoms with van der Waals surface area (Å²) >= 11 is 3.69. The van der Waals surface area contributed by atoms with Crippen LogP contribution in [0.3, 0.4) is 0 Å². The van der Waals surface area contributed by atoms with E-state index in [2.05, 4.69) is 38.1 Å². The predicted molar refractivity (Wildman–Crippen MR) is 113 cm³/mol. The molecule has 2 aromatic rings. The van der Waals surface area contributed by atoms with E-state index in [1.165, 1.54) is 9.79 Å². The van der Waals surface area contributed by atoms with Crippen molar-refractivity contribution in [2.75, 3.05) is 37.9 Å². The van der Waals surface area contributed by atoms with Crippen LogP contribution in [0.1, 0.15) is 13.8 Å². The predicted octanol–water partition coefficient (Wildman–Crippen LogP) is 4.34. The highest BCUT2D eigenvalue weighted by Crippen LogP contribution is 2.34. The average molecular weight is 409 g/mol. The molecule has 2 aromatic carbocycles. The first kappa shape index (κ1) is 22.0. The Hall–Kier alpha value is -1.34. The molecule has 2 N–H and O–H groups in total. The molecule has 0 aromatic heterocycles. The lowest BCUT2D eigenvalue weighted by atomic mass is 10.0. The smallest absolute Gasteiger partial charge is 0.119 e. The normalized spacial score (nSPS) is 11.4.